The van der Waals surface area contributed by atoms with E-state index in [9.17, 15) is 0 Å². The standard InChI is InChI=1S/C26H29N7/c1-16-10-18(11-17(2)25(16)33-8-6-32(3)7-9-33)23-13-20-21(15-29-26(20)31-30-23)19-12-24-22(28-14-19)4-5-27-24/h10-15,27H,4-9H2,1-3H3,(H,29,31). The van der Waals surface area contributed by atoms with Crippen LogP contribution in [0.15, 0.2) is 36.7 Å². The van der Waals surface area contributed by atoms with Gasteiger partial charge in [0, 0.05) is 79.3 Å². The highest BCUT2D eigenvalue weighted by atomic mass is 15.2. The van der Waals surface area contributed by atoms with Gasteiger partial charge in [-0.15, -0.1) is 10.2 Å². The number of benzene rings is 1. The van der Waals surface area contributed by atoms with Crippen molar-refractivity contribution in [1.29, 1.82) is 0 Å². The van der Waals surface area contributed by atoms with Crippen molar-refractivity contribution in [2.24, 2.45) is 0 Å². The topological polar surface area (TPSA) is 73.0 Å². The molecule has 7 nitrogen and oxygen atoms in total. The summed E-state index contributed by atoms with van der Waals surface area (Å²) in [4.78, 5) is 12.9. The van der Waals surface area contributed by atoms with Gasteiger partial charge in [-0.05, 0) is 56.3 Å². The lowest BCUT2D eigenvalue weighted by molar-refractivity contribution is 0.312. The summed E-state index contributed by atoms with van der Waals surface area (Å²) in [7, 11) is 2.19. The minimum atomic E-state index is 0.796. The van der Waals surface area contributed by atoms with Crippen LogP contribution in [-0.4, -0.2) is 64.8 Å². The van der Waals surface area contributed by atoms with Crippen LogP contribution >= 0.6 is 0 Å². The van der Waals surface area contributed by atoms with Crippen molar-refractivity contribution in [2.75, 3.05) is 50.0 Å². The smallest absolute Gasteiger partial charge is 0.160 e. The fourth-order valence-electron chi connectivity index (χ4n) is 5.24. The SMILES string of the molecule is Cc1cc(-c2cc3c(-c4cnc5c(c4)NCC5)c[nH]c3nn2)cc(C)c1N1CCN(C)CC1. The molecule has 2 aliphatic heterocycles. The Morgan fingerprint density at radius 3 is 2.48 bits per heavy atom. The second-order valence-corrected chi connectivity index (χ2v) is 9.34. The Bertz CT molecular complexity index is 1330. The van der Waals surface area contributed by atoms with Crippen LogP contribution in [-0.2, 0) is 6.42 Å². The van der Waals surface area contributed by atoms with Crippen molar-refractivity contribution in [3.8, 4) is 22.4 Å². The van der Waals surface area contributed by atoms with E-state index in [-0.39, 0.29) is 0 Å². The first kappa shape index (κ1) is 20.2. The van der Waals surface area contributed by atoms with Gasteiger partial charge in [0.25, 0.3) is 0 Å². The van der Waals surface area contributed by atoms with Gasteiger partial charge in [0.15, 0.2) is 5.65 Å². The lowest BCUT2D eigenvalue weighted by Crippen LogP contribution is -2.45. The monoisotopic (exact) mass is 439 g/mol. The number of aromatic amines is 1. The van der Waals surface area contributed by atoms with Crippen LogP contribution in [0.2, 0.25) is 0 Å². The molecule has 2 aliphatic rings. The number of hydrogen-bond donors (Lipinski definition) is 2. The summed E-state index contributed by atoms with van der Waals surface area (Å²) in [5, 5.41) is 13.5. The maximum Gasteiger partial charge on any atom is 0.160 e. The third kappa shape index (κ3) is 3.53. The molecule has 0 amide bonds. The van der Waals surface area contributed by atoms with Crippen LogP contribution < -0.4 is 10.2 Å². The molecular formula is C26H29N7. The molecule has 168 valence electrons. The molecule has 0 unspecified atom stereocenters. The van der Waals surface area contributed by atoms with Gasteiger partial charge in [-0.2, -0.15) is 0 Å². The molecule has 0 saturated carbocycles. The fraction of sp³-hybridized carbons (Fsp3) is 0.346. The molecule has 4 aromatic rings. The normalized spacial score (nSPS) is 16.3. The summed E-state index contributed by atoms with van der Waals surface area (Å²) in [6.07, 6.45) is 4.96. The molecule has 1 saturated heterocycles. The van der Waals surface area contributed by atoms with E-state index in [0.717, 1.165) is 83.9 Å². The van der Waals surface area contributed by atoms with Crippen LogP contribution in [0.25, 0.3) is 33.4 Å². The first-order chi connectivity index (χ1) is 16.1. The molecule has 3 aromatic heterocycles. The van der Waals surface area contributed by atoms with Crippen LogP contribution in [0.5, 0.6) is 0 Å². The number of piperazine rings is 1. The number of nitrogens with one attached hydrogen (secondary N) is 2. The van der Waals surface area contributed by atoms with Gasteiger partial charge in [0.1, 0.15) is 0 Å². The van der Waals surface area contributed by atoms with Gasteiger partial charge in [0.05, 0.1) is 17.1 Å². The van der Waals surface area contributed by atoms with E-state index in [1.807, 2.05) is 12.4 Å². The van der Waals surface area contributed by atoms with Gasteiger partial charge in [-0.1, -0.05) is 0 Å². The highest BCUT2D eigenvalue weighted by molar-refractivity contribution is 5.95. The molecule has 0 aliphatic carbocycles. The second kappa shape index (κ2) is 7.85. The predicted molar refractivity (Wildman–Crippen MR) is 134 cm³/mol. The van der Waals surface area contributed by atoms with Crippen LogP contribution in [0.4, 0.5) is 11.4 Å². The van der Waals surface area contributed by atoms with Crippen LogP contribution in [0.1, 0.15) is 16.8 Å². The highest BCUT2D eigenvalue weighted by Gasteiger charge is 2.20. The van der Waals surface area contributed by atoms with E-state index in [1.54, 1.807) is 0 Å². The van der Waals surface area contributed by atoms with Gasteiger partial charge in [-0.3, -0.25) is 4.98 Å². The number of hydrogen-bond acceptors (Lipinski definition) is 6. The number of likely N-dealkylation sites (N-methyl/N-ethyl adjacent to an activating group) is 1. The van der Waals surface area contributed by atoms with E-state index in [1.165, 1.54) is 16.8 Å². The molecule has 1 fully saturated rings. The number of rotatable bonds is 3. The molecule has 0 atom stereocenters. The maximum atomic E-state index is 4.66. The lowest BCUT2D eigenvalue weighted by Gasteiger charge is -2.36. The largest absolute Gasteiger partial charge is 0.383 e. The zero-order valence-corrected chi connectivity index (χ0v) is 19.4. The zero-order valence-electron chi connectivity index (χ0n) is 19.4. The molecule has 0 bridgehead atoms. The molecule has 2 N–H and O–H groups in total. The predicted octanol–water partition coefficient (Wildman–Crippen LogP) is 4.02. The molecular weight excluding hydrogens is 410 g/mol. The molecule has 1 aromatic carbocycles. The van der Waals surface area contributed by atoms with Crippen molar-refractivity contribution in [3.05, 3.63) is 53.5 Å². The van der Waals surface area contributed by atoms with E-state index < -0.39 is 0 Å². The van der Waals surface area contributed by atoms with E-state index >= 15 is 0 Å². The summed E-state index contributed by atoms with van der Waals surface area (Å²) in [6.45, 7) is 9.72. The Labute approximate surface area is 193 Å². The molecule has 0 spiro atoms. The highest BCUT2D eigenvalue weighted by Crippen LogP contribution is 2.35. The number of aryl methyl sites for hydroxylation is 2. The summed E-state index contributed by atoms with van der Waals surface area (Å²) in [5.41, 5.74) is 11.2. The minimum absolute atomic E-state index is 0.796. The van der Waals surface area contributed by atoms with Gasteiger partial charge >= 0.3 is 0 Å². The van der Waals surface area contributed by atoms with E-state index in [0.29, 0.717) is 0 Å². The summed E-state index contributed by atoms with van der Waals surface area (Å²) in [6, 6.07) is 8.85. The maximum absolute atomic E-state index is 4.66. The number of pyridine rings is 1. The molecule has 7 heteroatoms. The third-order valence-corrected chi connectivity index (χ3v) is 7.00. The number of fused-ring (bicyclic) bond motifs is 2. The van der Waals surface area contributed by atoms with E-state index in [2.05, 4.69) is 80.4 Å². The minimum Gasteiger partial charge on any atom is -0.383 e. The Morgan fingerprint density at radius 2 is 1.70 bits per heavy atom. The number of aromatic nitrogens is 4. The molecule has 5 heterocycles. The average molecular weight is 440 g/mol. The average Bonchev–Trinajstić information content (AvgIpc) is 3.45. The van der Waals surface area contributed by atoms with Gasteiger partial charge in [0.2, 0.25) is 0 Å². The van der Waals surface area contributed by atoms with Crippen molar-refractivity contribution in [1.82, 2.24) is 25.1 Å². The van der Waals surface area contributed by atoms with E-state index in [4.69, 9.17) is 0 Å². The zero-order chi connectivity index (χ0) is 22.5. The Hall–Kier alpha value is -3.45. The van der Waals surface area contributed by atoms with Crippen molar-refractivity contribution < 1.29 is 0 Å². The van der Waals surface area contributed by atoms with Crippen LogP contribution in [0.3, 0.4) is 0 Å². The van der Waals surface area contributed by atoms with Crippen LogP contribution in [0, 0.1) is 13.8 Å². The van der Waals surface area contributed by atoms with Crippen molar-refractivity contribution >= 4 is 22.4 Å². The third-order valence-electron chi connectivity index (χ3n) is 7.00. The summed E-state index contributed by atoms with van der Waals surface area (Å²) in [5.74, 6) is 0. The molecule has 33 heavy (non-hydrogen) atoms. The first-order valence-corrected chi connectivity index (χ1v) is 11.7. The lowest BCUT2D eigenvalue weighted by atomic mass is 9.99. The van der Waals surface area contributed by atoms with Crippen molar-refractivity contribution in [2.45, 2.75) is 20.3 Å². The second-order valence-electron chi connectivity index (χ2n) is 9.34. The number of anilines is 2. The van der Waals surface area contributed by atoms with Gasteiger partial charge < -0.3 is 20.1 Å². The Balaban J connectivity index is 1.38. The Kier molecular flexibility index (Phi) is 4.80. The Morgan fingerprint density at radius 1 is 0.909 bits per heavy atom. The number of H-pyrrole nitrogens is 1. The molecule has 6 rings (SSSR count). The summed E-state index contributed by atoms with van der Waals surface area (Å²) >= 11 is 0. The summed E-state index contributed by atoms with van der Waals surface area (Å²) < 4.78 is 0. The first-order valence-electron chi connectivity index (χ1n) is 11.7. The number of nitrogens with zero attached hydrogens (tertiary/aromatic N) is 5. The van der Waals surface area contributed by atoms with Crippen molar-refractivity contribution in [3.63, 3.8) is 0 Å². The quantitative estimate of drug-likeness (QED) is 0.502. The molecule has 0 radical (unpaired) electrons. The van der Waals surface area contributed by atoms with Gasteiger partial charge in [-0.25, -0.2) is 0 Å². The fourth-order valence-corrected chi connectivity index (χ4v) is 5.24.